The Kier molecular flexibility index (Phi) is 6.66. The van der Waals surface area contributed by atoms with Crippen molar-refractivity contribution in [2.24, 2.45) is 12.0 Å². The van der Waals surface area contributed by atoms with E-state index in [9.17, 15) is 0 Å². The maximum Gasteiger partial charge on any atom is 0.191 e. The fourth-order valence-corrected chi connectivity index (χ4v) is 2.31. The fraction of sp³-hybridized carbons (Fsp3) is 0.444. The Morgan fingerprint density at radius 1 is 1.17 bits per heavy atom. The number of aromatic nitrogens is 2. The van der Waals surface area contributed by atoms with Crippen LogP contribution in [0, 0.1) is 6.92 Å². The molecule has 0 aliphatic carbocycles. The van der Waals surface area contributed by atoms with E-state index in [1.807, 2.05) is 17.9 Å². The molecule has 2 rings (SSSR count). The van der Waals surface area contributed by atoms with Crippen molar-refractivity contribution >= 4 is 5.96 Å². The van der Waals surface area contributed by atoms with E-state index in [1.54, 1.807) is 0 Å². The van der Waals surface area contributed by atoms with Crippen molar-refractivity contribution in [1.29, 1.82) is 0 Å². The van der Waals surface area contributed by atoms with Crippen molar-refractivity contribution in [1.82, 2.24) is 20.4 Å². The average molecular weight is 313 g/mol. The number of aryl methyl sites for hydroxylation is 3. The molecule has 5 heteroatoms. The maximum absolute atomic E-state index is 4.64. The first-order chi connectivity index (χ1) is 11.2. The third-order valence-corrected chi connectivity index (χ3v) is 3.58. The van der Waals surface area contributed by atoms with E-state index < -0.39 is 0 Å². The van der Waals surface area contributed by atoms with E-state index in [0.29, 0.717) is 6.54 Å². The first kappa shape index (κ1) is 17.1. The highest BCUT2D eigenvalue weighted by Gasteiger charge is 1.99. The Labute approximate surface area is 138 Å². The molecule has 0 atom stereocenters. The van der Waals surface area contributed by atoms with Gasteiger partial charge in [0.05, 0.1) is 12.7 Å². The lowest BCUT2D eigenvalue weighted by Crippen LogP contribution is -2.37. The van der Waals surface area contributed by atoms with Crippen LogP contribution in [0.5, 0.6) is 0 Å². The SMILES string of the molecule is CCNC(=NCc1ccc(C)cc1)NCCCc1cnn(C)c1. The highest BCUT2D eigenvalue weighted by atomic mass is 15.2. The normalized spacial score (nSPS) is 11.5. The molecule has 5 nitrogen and oxygen atoms in total. The van der Waals surface area contributed by atoms with Crippen LogP contribution in [0.4, 0.5) is 0 Å². The maximum atomic E-state index is 4.64. The predicted octanol–water partition coefficient (Wildman–Crippen LogP) is 2.42. The van der Waals surface area contributed by atoms with Crippen molar-refractivity contribution < 1.29 is 0 Å². The number of nitrogens with zero attached hydrogens (tertiary/aromatic N) is 3. The monoisotopic (exact) mass is 313 g/mol. The summed E-state index contributed by atoms with van der Waals surface area (Å²) in [6.45, 7) is 6.63. The summed E-state index contributed by atoms with van der Waals surface area (Å²) in [6.07, 6.45) is 6.08. The van der Waals surface area contributed by atoms with Crippen LogP contribution in [0.2, 0.25) is 0 Å². The van der Waals surface area contributed by atoms with E-state index in [0.717, 1.165) is 31.9 Å². The summed E-state index contributed by atoms with van der Waals surface area (Å²) < 4.78 is 1.84. The zero-order valence-corrected chi connectivity index (χ0v) is 14.3. The molecule has 0 aliphatic heterocycles. The molecule has 0 spiro atoms. The molecule has 1 heterocycles. The third kappa shape index (κ3) is 6.14. The summed E-state index contributed by atoms with van der Waals surface area (Å²) in [5, 5.41) is 10.9. The smallest absolute Gasteiger partial charge is 0.191 e. The Morgan fingerprint density at radius 3 is 2.61 bits per heavy atom. The fourth-order valence-electron chi connectivity index (χ4n) is 2.31. The van der Waals surface area contributed by atoms with Crippen molar-refractivity contribution in [2.45, 2.75) is 33.2 Å². The number of benzene rings is 1. The van der Waals surface area contributed by atoms with Gasteiger partial charge in [-0.3, -0.25) is 4.68 Å². The van der Waals surface area contributed by atoms with Crippen LogP contribution in [-0.2, 0) is 20.0 Å². The van der Waals surface area contributed by atoms with Gasteiger partial charge in [-0.15, -0.1) is 0 Å². The lowest BCUT2D eigenvalue weighted by atomic mass is 10.1. The van der Waals surface area contributed by atoms with Gasteiger partial charge in [-0.05, 0) is 37.8 Å². The first-order valence-electron chi connectivity index (χ1n) is 8.22. The van der Waals surface area contributed by atoms with Gasteiger partial charge in [0.1, 0.15) is 0 Å². The van der Waals surface area contributed by atoms with Gasteiger partial charge in [0, 0.05) is 26.3 Å². The molecule has 0 fully saturated rings. The summed E-state index contributed by atoms with van der Waals surface area (Å²) in [4.78, 5) is 4.64. The van der Waals surface area contributed by atoms with Crippen LogP contribution in [-0.4, -0.2) is 28.8 Å². The van der Waals surface area contributed by atoms with Crippen molar-refractivity contribution in [3.05, 3.63) is 53.3 Å². The van der Waals surface area contributed by atoms with Crippen molar-refractivity contribution in [3.8, 4) is 0 Å². The molecule has 1 aromatic carbocycles. The van der Waals surface area contributed by atoms with E-state index in [2.05, 4.69) is 65.0 Å². The van der Waals surface area contributed by atoms with Gasteiger partial charge >= 0.3 is 0 Å². The molecule has 0 radical (unpaired) electrons. The lowest BCUT2D eigenvalue weighted by Gasteiger charge is -2.11. The predicted molar refractivity (Wildman–Crippen MR) is 95.5 cm³/mol. The molecule has 0 amide bonds. The zero-order valence-electron chi connectivity index (χ0n) is 14.3. The van der Waals surface area contributed by atoms with Gasteiger partial charge in [0.25, 0.3) is 0 Å². The molecular formula is C18H27N5. The molecule has 0 saturated carbocycles. The van der Waals surface area contributed by atoms with Gasteiger partial charge in [-0.2, -0.15) is 5.10 Å². The van der Waals surface area contributed by atoms with Crippen LogP contribution in [0.3, 0.4) is 0 Å². The quantitative estimate of drug-likeness (QED) is 0.469. The summed E-state index contributed by atoms with van der Waals surface area (Å²) in [7, 11) is 1.95. The number of rotatable bonds is 7. The Hall–Kier alpha value is -2.30. The third-order valence-electron chi connectivity index (χ3n) is 3.58. The van der Waals surface area contributed by atoms with Gasteiger partial charge in [-0.1, -0.05) is 29.8 Å². The number of guanidine groups is 1. The number of hydrogen-bond acceptors (Lipinski definition) is 2. The van der Waals surface area contributed by atoms with Gasteiger partial charge in [0.2, 0.25) is 0 Å². The summed E-state index contributed by atoms with van der Waals surface area (Å²) in [6, 6.07) is 8.51. The first-order valence-corrected chi connectivity index (χ1v) is 8.22. The standard InChI is InChI=1S/C18H27N5/c1-4-19-18(21-12-16-9-7-15(2)8-10-16)20-11-5-6-17-13-22-23(3)14-17/h7-10,13-14H,4-6,11-12H2,1-3H3,(H2,19,20,21). The molecule has 1 aromatic heterocycles. The van der Waals surface area contributed by atoms with Gasteiger partial charge in [-0.25, -0.2) is 4.99 Å². The zero-order chi connectivity index (χ0) is 16.5. The van der Waals surface area contributed by atoms with Gasteiger partial charge in [0.15, 0.2) is 5.96 Å². The van der Waals surface area contributed by atoms with Gasteiger partial charge < -0.3 is 10.6 Å². The Bertz CT molecular complexity index is 613. The van der Waals surface area contributed by atoms with Crippen LogP contribution < -0.4 is 10.6 Å². The topological polar surface area (TPSA) is 54.2 Å². The average Bonchev–Trinajstić information content (AvgIpc) is 2.96. The highest BCUT2D eigenvalue weighted by molar-refractivity contribution is 5.79. The minimum absolute atomic E-state index is 0.693. The summed E-state index contributed by atoms with van der Waals surface area (Å²) in [5.74, 6) is 0.874. The second kappa shape index (κ2) is 8.98. The number of hydrogen-bond donors (Lipinski definition) is 2. The molecular weight excluding hydrogens is 286 g/mol. The van der Waals surface area contributed by atoms with E-state index in [-0.39, 0.29) is 0 Å². The van der Waals surface area contributed by atoms with Crippen LogP contribution >= 0.6 is 0 Å². The minimum atomic E-state index is 0.693. The molecule has 0 unspecified atom stereocenters. The van der Waals surface area contributed by atoms with Crippen LogP contribution in [0.15, 0.2) is 41.7 Å². The summed E-state index contributed by atoms with van der Waals surface area (Å²) >= 11 is 0. The number of nitrogens with one attached hydrogen (secondary N) is 2. The largest absolute Gasteiger partial charge is 0.357 e. The van der Waals surface area contributed by atoms with Crippen LogP contribution in [0.25, 0.3) is 0 Å². The molecule has 0 saturated heterocycles. The lowest BCUT2D eigenvalue weighted by molar-refractivity contribution is 0.740. The molecule has 2 N–H and O–H groups in total. The van der Waals surface area contributed by atoms with Crippen LogP contribution in [0.1, 0.15) is 30.0 Å². The second-order valence-electron chi connectivity index (χ2n) is 5.73. The molecule has 23 heavy (non-hydrogen) atoms. The Morgan fingerprint density at radius 2 is 1.96 bits per heavy atom. The number of aliphatic imine (C=N–C) groups is 1. The molecule has 2 aromatic rings. The molecule has 124 valence electrons. The van der Waals surface area contributed by atoms with E-state index >= 15 is 0 Å². The second-order valence-corrected chi connectivity index (χ2v) is 5.73. The van der Waals surface area contributed by atoms with Crippen molar-refractivity contribution in [2.75, 3.05) is 13.1 Å². The van der Waals surface area contributed by atoms with E-state index in [1.165, 1.54) is 16.7 Å². The molecule has 0 bridgehead atoms. The molecule has 0 aliphatic rings. The summed E-state index contributed by atoms with van der Waals surface area (Å²) in [5.41, 5.74) is 3.78. The Balaban J connectivity index is 1.78. The highest BCUT2D eigenvalue weighted by Crippen LogP contribution is 2.04. The van der Waals surface area contributed by atoms with Crippen molar-refractivity contribution in [3.63, 3.8) is 0 Å². The minimum Gasteiger partial charge on any atom is -0.357 e. The van der Waals surface area contributed by atoms with E-state index in [4.69, 9.17) is 0 Å².